The molecule has 0 N–H and O–H groups in total. The van der Waals surface area contributed by atoms with E-state index in [1.807, 2.05) is 11.3 Å². The van der Waals surface area contributed by atoms with E-state index in [2.05, 4.69) is 58.6 Å². The van der Waals surface area contributed by atoms with E-state index in [0.29, 0.717) is 0 Å². The van der Waals surface area contributed by atoms with Gasteiger partial charge in [0.1, 0.15) is 0 Å². The number of aryl methyl sites for hydroxylation is 1. The van der Waals surface area contributed by atoms with E-state index in [9.17, 15) is 0 Å². The fraction of sp³-hybridized carbons (Fsp3) is 0.176. The molecule has 0 bridgehead atoms. The molecule has 0 atom stereocenters. The van der Waals surface area contributed by atoms with Gasteiger partial charge in [-0.25, -0.2) is 0 Å². The normalized spacial score (nSPS) is 13.7. The number of thiophene rings is 1. The molecule has 0 radical (unpaired) electrons. The quantitative estimate of drug-likeness (QED) is 0.625. The SMILES string of the molecule is c1ccc(-c2c(-c3cccs3)cn3c2CCC3)cc1. The Labute approximate surface area is 117 Å². The Morgan fingerprint density at radius 1 is 1.00 bits per heavy atom. The molecule has 19 heavy (non-hydrogen) atoms. The van der Waals surface area contributed by atoms with Crippen LogP contribution in [0.2, 0.25) is 0 Å². The summed E-state index contributed by atoms with van der Waals surface area (Å²) in [5.74, 6) is 0. The third kappa shape index (κ3) is 1.75. The van der Waals surface area contributed by atoms with Crippen molar-refractivity contribution in [3.05, 3.63) is 59.7 Å². The molecule has 0 fully saturated rings. The number of benzene rings is 1. The minimum absolute atomic E-state index is 1.17. The van der Waals surface area contributed by atoms with Crippen LogP contribution in [0.4, 0.5) is 0 Å². The maximum absolute atomic E-state index is 2.44. The molecule has 1 nitrogen and oxygen atoms in total. The summed E-state index contributed by atoms with van der Waals surface area (Å²) in [6, 6.07) is 15.2. The van der Waals surface area contributed by atoms with Crippen LogP contribution in [-0.2, 0) is 13.0 Å². The highest BCUT2D eigenvalue weighted by molar-refractivity contribution is 7.13. The monoisotopic (exact) mass is 265 g/mol. The van der Waals surface area contributed by atoms with Crippen molar-refractivity contribution >= 4 is 11.3 Å². The van der Waals surface area contributed by atoms with Gasteiger partial charge in [0, 0.05) is 34.4 Å². The van der Waals surface area contributed by atoms with Crippen LogP contribution in [-0.4, -0.2) is 4.57 Å². The third-order valence-corrected chi connectivity index (χ3v) is 4.75. The zero-order valence-corrected chi connectivity index (χ0v) is 11.5. The van der Waals surface area contributed by atoms with Crippen LogP contribution in [0.3, 0.4) is 0 Å². The predicted octanol–water partition coefficient (Wildman–Crippen LogP) is 4.83. The lowest BCUT2D eigenvalue weighted by atomic mass is 9.99. The van der Waals surface area contributed by atoms with Gasteiger partial charge in [0.2, 0.25) is 0 Å². The molecule has 0 aliphatic carbocycles. The Hall–Kier alpha value is -1.80. The summed E-state index contributed by atoms with van der Waals surface area (Å²) in [6.07, 6.45) is 4.83. The zero-order valence-electron chi connectivity index (χ0n) is 10.7. The predicted molar refractivity (Wildman–Crippen MR) is 81.5 cm³/mol. The van der Waals surface area contributed by atoms with Gasteiger partial charge in [-0.1, -0.05) is 36.4 Å². The van der Waals surface area contributed by atoms with E-state index in [4.69, 9.17) is 0 Å². The summed E-state index contributed by atoms with van der Waals surface area (Å²) >= 11 is 1.83. The van der Waals surface area contributed by atoms with Gasteiger partial charge in [0.05, 0.1) is 0 Å². The minimum Gasteiger partial charge on any atom is -0.350 e. The fourth-order valence-corrected chi connectivity index (χ4v) is 3.77. The highest BCUT2D eigenvalue weighted by atomic mass is 32.1. The Kier molecular flexibility index (Phi) is 2.56. The number of nitrogens with zero attached hydrogens (tertiary/aromatic N) is 1. The lowest BCUT2D eigenvalue weighted by Gasteiger charge is -2.05. The second kappa shape index (κ2) is 4.39. The number of rotatable bonds is 2. The highest BCUT2D eigenvalue weighted by Gasteiger charge is 2.21. The molecule has 94 valence electrons. The molecule has 0 unspecified atom stereocenters. The lowest BCUT2D eigenvalue weighted by molar-refractivity contribution is 0.751. The largest absolute Gasteiger partial charge is 0.350 e. The van der Waals surface area contributed by atoms with E-state index in [1.165, 1.54) is 46.6 Å². The van der Waals surface area contributed by atoms with Crippen molar-refractivity contribution in [2.24, 2.45) is 0 Å². The molecule has 3 aromatic rings. The molecule has 2 heteroatoms. The standard InChI is InChI=1S/C17H15NS/c1-2-6-13(7-3-1)17-14(16-9-5-11-19-16)12-18-10-4-8-15(17)18/h1-3,5-7,9,11-12H,4,8,10H2. The number of hydrogen-bond acceptors (Lipinski definition) is 1. The first kappa shape index (κ1) is 11.1. The number of aromatic nitrogens is 1. The maximum atomic E-state index is 2.44. The molecule has 3 heterocycles. The van der Waals surface area contributed by atoms with Gasteiger partial charge in [-0.05, 0) is 29.9 Å². The van der Waals surface area contributed by atoms with Crippen molar-refractivity contribution in [1.82, 2.24) is 4.57 Å². The smallest absolute Gasteiger partial charge is 0.0364 e. The van der Waals surface area contributed by atoms with Crippen molar-refractivity contribution in [1.29, 1.82) is 0 Å². The van der Waals surface area contributed by atoms with Crippen molar-refractivity contribution in [3.63, 3.8) is 0 Å². The summed E-state index contributed by atoms with van der Waals surface area (Å²) < 4.78 is 2.44. The van der Waals surface area contributed by atoms with Crippen LogP contribution in [0.15, 0.2) is 54.0 Å². The van der Waals surface area contributed by atoms with Gasteiger partial charge in [-0.3, -0.25) is 0 Å². The molecule has 1 aliphatic rings. The molecule has 2 aromatic heterocycles. The van der Waals surface area contributed by atoms with Crippen LogP contribution < -0.4 is 0 Å². The number of fused-ring (bicyclic) bond motifs is 1. The average Bonchev–Trinajstić information content (AvgIpc) is 3.15. The second-order valence-corrected chi connectivity index (χ2v) is 5.95. The molecular weight excluding hydrogens is 250 g/mol. The fourth-order valence-electron chi connectivity index (χ4n) is 3.03. The first-order chi connectivity index (χ1) is 9.43. The van der Waals surface area contributed by atoms with Gasteiger partial charge in [-0.2, -0.15) is 0 Å². The first-order valence-electron chi connectivity index (χ1n) is 6.75. The van der Waals surface area contributed by atoms with Crippen LogP contribution in [0.5, 0.6) is 0 Å². The van der Waals surface area contributed by atoms with Gasteiger partial charge in [-0.15, -0.1) is 11.3 Å². The minimum atomic E-state index is 1.17. The van der Waals surface area contributed by atoms with Crippen molar-refractivity contribution < 1.29 is 0 Å². The van der Waals surface area contributed by atoms with Gasteiger partial charge < -0.3 is 4.57 Å². The summed E-state index contributed by atoms with van der Waals surface area (Å²) in [7, 11) is 0. The molecular formula is C17H15NS. The van der Waals surface area contributed by atoms with Crippen molar-refractivity contribution in [3.8, 4) is 21.6 Å². The van der Waals surface area contributed by atoms with Crippen LogP contribution >= 0.6 is 11.3 Å². The molecule has 1 aromatic carbocycles. The third-order valence-electron chi connectivity index (χ3n) is 3.85. The van der Waals surface area contributed by atoms with E-state index >= 15 is 0 Å². The average molecular weight is 265 g/mol. The van der Waals surface area contributed by atoms with Crippen LogP contribution in [0, 0.1) is 0 Å². The van der Waals surface area contributed by atoms with E-state index in [-0.39, 0.29) is 0 Å². The second-order valence-electron chi connectivity index (χ2n) is 5.00. The summed E-state index contributed by atoms with van der Waals surface area (Å²) in [5.41, 5.74) is 5.70. The molecule has 0 saturated heterocycles. The summed E-state index contributed by atoms with van der Waals surface area (Å²) in [5, 5.41) is 2.16. The van der Waals surface area contributed by atoms with E-state index < -0.39 is 0 Å². The topological polar surface area (TPSA) is 4.93 Å². The Balaban J connectivity index is 1.98. The van der Waals surface area contributed by atoms with Crippen molar-refractivity contribution in [2.75, 3.05) is 0 Å². The van der Waals surface area contributed by atoms with Gasteiger partial charge in [0.15, 0.2) is 0 Å². The summed E-state index contributed by atoms with van der Waals surface area (Å²) in [6.45, 7) is 1.17. The molecule has 1 aliphatic heterocycles. The van der Waals surface area contributed by atoms with E-state index in [0.717, 1.165) is 0 Å². The zero-order chi connectivity index (χ0) is 12.7. The molecule has 0 spiro atoms. The lowest BCUT2D eigenvalue weighted by Crippen LogP contribution is -1.88. The molecule has 0 saturated carbocycles. The first-order valence-corrected chi connectivity index (χ1v) is 7.63. The van der Waals surface area contributed by atoms with Crippen molar-refractivity contribution in [2.45, 2.75) is 19.4 Å². The highest BCUT2D eigenvalue weighted by Crippen LogP contribution is 2.40. The Bertz CT molecular complexity index is 692. The van der Waals surface area contributed by atoms with Crippen LogP contribution in [0.25, 0.3) is 21.6 Å². The summed E-state index contributed by atoms with van der Waals surface area (Å²) in [4.78, 5) is 1.38. The van der Waals surface area contributed by atoms with E-state index in [1.54, 1.807) is 0 Å². The van der Waals surface area contributed by atoms with Crippen LogP contribution in [0.1, 0.15) is 12.1 Å². The Morgan fingerprint density at radius 3 is 2.68 bits per heavy atom. The maximum Gasteiger partial charge on any atom is 0.0364 e. The van der Waals surface area contributed by atoms with Gasteiger partial charge >= 0.3 is 0 Å². The Morgan fingerprint density at radius 2 is 1.89 bits per heavy atom. The molecule has 4 rings (SSSR count). The van der Waals surface area contributed by atoms with Gasteiger partial charge in [0.25, 0.3) is 0 Å². The number of hydrogen-bond donors (Lipinski definition) is 0. The molecule has 0 amide bonds.